The highest BCUT2D eigenvalue weighted by Crippen LogP contribution is 2.34. The fraction of sp³-hybridized carbons (Fsp3) is 0.296. The van der Waals surface area contributed by atoms with Crippen LogP contribution in [0.3, 0.4) is 0 Å². The van der Waals surface area contributed by atoms with E-state index < -0.39 is 0 Å². The number of pyridine rings is 1. The van der Waals surface area contributed by atoms with Crippen molar-refractivity contribution in [3.05, 3.63) is 76.8 Å². The van der Waals surface area contributed by atoms with E-state index in [0.717, 1.165) is 33.4 Å². The lowest BCUT2D eigenvalue weighted by Crippen LogP contribution is -2.49. The molecule has 4 heterocycles. The zero-order valence-electron chi connectivity index (χ0n) is 21.7. The molecule has 1 aliphatic heterocycles. The third-order valence-electron chi connectivity index (χ3n) is 6.72. The van der Waals surface area contributed by atoms with Crippen molar-refractivity contribution in [3.8, 4) is 11.1 Å². The largest absolute Gasteiger partial charge is 0.392 e. The summed E-state index contributed by atoms with van der Waals surface area (Å²) in [5, 5.41) is 18.8. The van der Waals surface area contributed by atoms with E-state index in [2.05, 4.69) is 24.6 Å². The molecule has 1 aliphatic rings. The van der Waals surface area contributed by atoms with Crippen LogP contribution < -0.4 is 10.6 Å². The molecule has 12 heteroatoms. The van der Waals surface area contributed by atoms with Gasteiger partial charge in [-0.25, -0.2) is 4.98 Å². The molecule has 2 atom stereocenters. The van der Waals surface area contributed by atoms with Gasteiger partial charge in [-0.1, -0.05) is 23.7 Å². The number of hydrogen-bond acceptors (Lipinski definition) is 7. The van der Waals surface area contributed by atoms with E-state index in [0.29, 0.717) is 36.2 Å². The van der Waals surface area contributed by atoms with E-state index in [1.807, 2.05) is 54.2 Å². The van der Waals surface area contributed by atoms with Crippen molar-refractivity contribution >= 4 is 43.7 Å². The Bertz CT molecular complexity index is 1490. The number of ether oxygens (including phenoxy) is 2. The van der Waals surface area contributed by atoms with Gasteiger partial charge < -0.3 is 29.4 Å². The van der Waals surface area contributed by atoms with Gasteiger partial charge in [0.1, 0.15) is 24.1 Å². The van der Waals surface area contributed by atoms with Crippen LogP contribution in [0, 0.1) is 0 Å². The number of amides is 1. The van der Waals surface area contributed by atoms with Gasteiger partial charge in [-0.15, -0.1) is 9.24 Å². The minimum Gasteiger partial charge on any atom is -0.392 e. The first-order valence-corrected chi connectivity index (χ1v) is 13.3. The van der Waals surface area contributed by atoms with Gasteiger partial charge >= 0.3 is 0 Å². The Morgan fingerprint density at radius 2 is 2.08 bits per heavy atom. The molecule has 1 amide bonds. The molecule has 1 aromatic carbocycles. The Labute approximate surface area is 233 Å². The number of rotatable bonds is 10. The van der Waals surface area contributed by atoms with Gasteiger partial charge in [0.05, 0.1) is 30.5 Å². The molecule has 2 N–H and O–H groups in total. The smallest absolute Gasteiger partial charge is 0.271 e. The third kappa shape index (κ3) is 5.85. The van der Waals surface area contributed by atoms with Crippen LogP contribution in [0.1, 0.15) is 21.6 Å². The van der Waals surface area contributed by atoms with Crippen molar-refractivity contribution in [2.75, 3.05) is 25.8 Å². The van der Waals surface area contributed by atoms with Crippen LogP contribution in [-0.4, -0.2) is 61.8 Å². The topological polar surface area (TPSA) is 107 Å². The van der Waals surface area contributed by atoms with E-state index in [1.54, 1.807) is 29.1 Å². The van der Waals surface area contributed by atoms with Crippen molar-refractivity contribution in [3.63, 3.8) is 0 Å². The maximum Gasteiger partial charge on any atom is 0.271 e. The Morgan fingerprint density at radius 3 is 2.82 bits per heavy atom. The first kappa shape index (κ1) is 27.3. The molecule has 0 bridgehead atoms. The second-order valence-electron chi connectivity index (χ2n) is 9.33. The van der Waals surface area contributed by atoms with Gasteiger partial charge in [-0.3, -0.25) is 9.48 Å². The third-order valence-corrected chi connectivity index (χ3v) is 7.38. The number of nitrogens with zero attached hydrogens (tertiary/aromatic N) is 5. The number of nitrogens with one attached hydrogen (secondary N) is 1. The first-order valence-electron chi connectivity index (χ1n) is 12.3. The molecule has 0 saturated carbocycles. The molecule has 0 saturated heterocycles. The summed E-state index contributed by atoms with van der Waals surface area (Å²) in [6.45, 7) is 1.19. The molecule has 39 heavy (non-hydrogen) atoms. The normalized spacial score (nSPS) is 15.1. The number of halogens is 1. The number of aliphatic hydroxyl groups is 1. The lowest BCUT2D eigenvalue weighted by Gasteiger charge is -2.37. The summed E-state index contributed by atoms with van der Waals surface area (Å²) in [5.74, 6) is 1.26. The van der Waals surface area contributed by atoms with Crippen molar-refractivity contribution in [1.82, 2.24) is 24.2 Å². The number of hydrogen-bond donors (Lipinski definition) is 2. The van der Waals surface area contributed by atoms with Crippen LogP contribution in [-0.2, 0) is 36.2 Å². The molecule has 204 valence electrons. The van der Waals surface area contributed by atoms with Gasteiger partial charge in [0.25, 0.3) is 5.91 Å². The minimum absolute atomic E-state index is 0.108. The predicted octanol–water partition coefficient (Wildman–Crippen LogP) is 3.32. The second kappa shape index (κ2) is 11.9. The molecule has 0 fully saturated rings. The Morgan fingerprint density at radius 1 is 1.23 bits per heavy atom. The van der Waals surface area contributed by atoms with E-state index in [1.165, 1.54) is 0 Å². The molecular weight excluding hydrogens is 539 g/mol. The van der Waals surface area contributed by atoms with Crippen LogP contribution in [0.25, 0.3) is 11.1 Å². The quantitative estimate of drug-likeness (QED) is 0.172. The monoisotopic (exact) mass is 568 g/mol. The highest BCUT2D eigenvalue weighted by Gasteiger charge is 2.34. The summed E-state index contributed by atoms with van der Waals surface area (Å²) in [4.78, 5) is 20.1. The number of aryl methyl sites for hydroxylation is 1. The molecule has 3 aromatic heterocycles. The van der Waals surface area contributed by atoms with E-state index in [-0.39, 0.29) is 25.3 Å². The number of aromatic nitrogens is 4. The average molecular weight is 569 g/mol. The molecule has 5 rings (SSSR count). The molecule has 0 spiro atoms. The van der Waals surface area contributed by atoms with Crippen molar-refractivity contribution in [2.45, 2.75) is 25.7 Å². The van der Waals surface area contributed by atoms with E-state index in [9.17, 15) is 9.90 Å². The Hall–Kier alpha value is -3.27. The molecular formula is C27H30ClN6O4P. The first-order chi connectivity index (χ1) is 18.9. The molecule has 0 radical (unpaired) electrons. The molecule has 2 unspecified atom stereocenters. The minimum atomic E-state index is -0.241. The van der Waals surface area contributed by atoms with Crippen LogP contribution in [0.5, 0.6) is 0 Å². The van der Waals surface area contributed by atoms with Crippen molar-refractivity contribution in [1.29, 1.82) is 0 Å². The van der Waals surface area contributed by atoms with Gasteiger partial charge in [0.15, 0.2) is 0 Å². The lowest BCUT2D eigenvalue weighted by molar-refractivity contribution is -0.0536. The maximum absolute atomic E-state index is 13.9. The predicted molar refractivity (Wildman–Crippen MR) is 152 cm³/mol. The lowest BCUT2D eigenvalue weighted by atomic mass is 10.0. The number of benzene rings is 1. The maximum atomic E-state index is 13.9. The Kier molecular flexibility index (Phi) is 8.30. The summed E-state index contributed by atoms with van der Waals surface area (Å²) >= 11 is 6.57. The summed E-state index contributed by atoms with van der Waals surface area (Å²) < 4.78 is 14.4. The molecule has 0 aliphatic carbocycles. The highest BCUT2D eigenvalue weighted by atomic mass is 35.5. The highest BCUT2D eigenvalue weighted by molar-refractivity contribution is 7.27. The fourth-order valence-corrected chi connectivity index (χ4v) is 5.23. The SMILES string of the molecule is COCOCC1Cn2cc(-c3cc(Nc4ccnn4C)ncc3Cl)cc2C(=O)N1Cc1cc(P)ccc1CO. The van der Waals surface area contributed by atoms with Crippen LogP contribution in [0.4, 0.5) is 11.6 Å². The summed E-state index contributed by atoms with van der Waals surface area (Å²) in [7, 11) is 6.07. The number of carbonyl (C=O) groups is 1. The number of anilines is 2. The second-order valence-corrected chi connectivity index (χ2v) is 10.4. The summed E-state index contributed by atoms with van der Waals surface area (Å²) in [6.07, 6.45) is 5.23. The van der Waals surface area contributed by atoms with Gasteiger partial charge in [-0.2, -0.15) is 5.10 Å². The summed E-state index contributed by atoms with van der Waals surface area (Å²) in [5.41, 5.74) is 3.78. The van der Waals surface area contributed by atoms with Crippen LogP contribution in [0.15, 0.2) is 55.0 Å². The summed E-state index contributed by atoms with van der Waals surface area (Å²) in [6, 6.07) is 11.1. The van der Waals surface area contributed by atoms with Crippen molar-refractivity contribution in [2.24, 2.45) is 7.05 Å². The average Bonchev–Trinajstić information content (AvgIpc) is 3.53. The number of fused-ring (bicyclic) bond motifs is 1. The van der Waals surface area contributed by atoms with Crippen molar-refractivity contribution < 1.29 is 19.4 Å². The Balaban J connectivity index is 1.47. The van der Waals surface area contributed by atoms with Crippen LogP contribution >= 0.6 is 20.8 Å². The van der Waals surface area contributed by atoms with E-state index in [4.69, 9.17) is 21.1 Å². The number of carbonyl (C=O) groups excluding carboxylic acids is 1. The van der Waals surface area contributed by atoms with Crippen LogP contribution in [0.2, 0.25) is 5.02 Å². The van der Waals surface area contributed by atoms with E-state index >= 15 is 0 Å². The molecule has 10 nitrogen and oxygen atoms in total. The number of aliphatic hydroxyl groups excluding tert-OH is 1. The standard InChI is InChI=1S/C27H30ClN6O4P/c1-32-26(5-6-30-32)31-25-9-22(23(28)10-29-25)19-8-24-27(36)34(12-18-7-21(39)4-3-17(18)14-35)20(13-33(24)11-19)15-38-16-37-2/h3-11,20,35H,12-16,39H2,1-2H3,(H,29,31). The zero-order valence-corrected chi connectivity index (χ0v) is 23.6. The fourth-order valence-electron chi connectivity index (χ4n) is 4.72. The number of methoxy groups -OCH3 is 1. The van der Waals surface area contributed by atoms with Gasteiger partial charge in [0, 0.05) is 56.8 Å². The van der Waals surface area contributed by atoms with Gasteiger partial charge in [0.2, 0.25) is 0 Å². The van der Waals surface area contributed by atoms with Gasteiger partial charge in [-0.05, 0) is 34.6 Å². The molecule has 4 aromatic rings. The zero-order chi connectivity index (χ0) is 27.5.